The molecule has 1 saturated carbocycles. The zero-order chi connectivity index (χ0) is 16.7. The lowest BCUT2D eigenvalue weighted by molar-refractivity contribution is -0.139. The summed E-state index contributed by atoms with van der Waals surface area (Å²) in [7, 11) is 0. The summed E-state index contributed by atoms with van der Waals surface area (Å²) in [6.45, 7) is 4.23. The summed E-state index contributed by atoms with van der Waals surface area (Å²) in [4.78, 5) is 32.9. The van der Waals surface area contributed by atoms with Crippen LogP contribution in [0.15, 0.2) is 22.6 Å². The minimum Gasteiger partial charge on any atom is -0.441 e. The van der Waals surface area contributed by atoms with E-state index in [1.165, 1.54) is 6.42 Å². The van der Waals surface area contributed by atoms with E-state index in [0.717, 1.165) is 18.4 Å². The smallest absolute Gasteiger partial charge is 0.254 e. The molecule has 0 radical (unpaired) electrons. The Morgan fingerprint density at radius 3 is 2.50 bits per heavy atom. The summed E-state index contributed by atoms with van der Waals surface area (Å²) in [5.41, 5.74) is 2.01. The van der Waals surface area contributed by atoms with Crippen molar-refractivity contribution in [1.82, 2.24) is 14.8 Å². The van der Waals surface area contributed by atoms with Gasteiger partial charge in [-0.25, -0.2) is 4.98 Å². The van der Waals surface area contributed by atoms with E-state index in [1.807, 2.05) is 15.9 Å². The van der Waals surface area contributed by atoms with E-state index >= 15 is 0 Å². The minimum absolute atomic E-state index is 0.0123. The molecule has 2 heterocycles. The van der Waals surface area contributed by atoms with E-state index in [4.69, 9.17) is 4.42 Å². The van der Waals surface area contributed by atoms with Gasteiger partial charge in [-0.15, -0.1) is 0 Å². The van der Waals surface area contributed by atoms with Crippen molar-refractivity contribution in [1.29, 1.82) is 0 Å². The molecular formula is C18H21N3O3. The maximum absolute atomic E-state index is 12.7. The van der Waals surface area contributed by atoms with E-state index in [0.29, 0.717) is 43.2 Å². The summed E-state index contributed by atoms with van der Waals surface area (Å²) >= 11 is 0. The Kier molecular flexibility index (Phi) is 3.75. The number of oxazole rings is 1. The van der Waals surface area contributed by atoms with Crippen LogP contribution in [0.3, 0.4) is 0 Å². The fourth-order valence-electron chi connectivity index (χ4n) is 3.40. The Balaban J connectivity index is 1.42. The fourth-order valence-corrected chi connectivity index (χ4v) is 3.40. The lowest BCUT2D eigenvalue weighted by Gasteiger charge is -2.38. The van der Waals surface area contributed by atoms with Crippen LogP contribution in [-0.2, 0) is 4.79 Å². The van der Waals surface area contributed by atoms with Gasteiger partial charge in [0.25, 0.3) is 5.91 Å². The zero-order valence-electron chi connectivity index (χ0n) is 13.8. The van der Waals surface area contributed by atoms with Crippen LogP contribution in [0.1, 0.15) is 35.5 Å². The number of amides is 2. The van der Waals surface area contributed by atoms with Crippen LogP contribution in [0, 0.1) is 12.8 Å². The maximum atomic E-state index is 12.7. The molecule has 6 heteroatoms. The molecular weight excluding hydrogens is 306 g/mol. The van der Waals surface area contributed by atoms with Crippen LogP contribution in [0.4, 0.5) is 0 Å². The second-order valence-electron chi connectivity index (χ2n) is 6.66. The molecule has 0 spiro atoms. The molecule has 6 nitrogen and oxygen atoms in total. The van der Waals surface area contributed by atoms with Gasteiger partial charge in [-0.1, -0.05) is 6.42 Å². The molecule has 1 aromatic heterocycles. The molecule has 0 unspecified atom stereocenters. The van der Waals surface area contributed by atoms with E-state index in [9.17, 15) is 9.59 Å². The molecule has 2 aromatic rings. The molecule has 24 heavy (non-hydrogen) atoms. The average molecular weight is 327 g/mol. The molecule has 4 rings (SSSR count). The van der Waals surface area contributed by atoms with E-state index in [2.05, 4.69) is 4.98 Å². The Morgan fingerprint density at radius 2 is 1.83 bits per heavy atom. The molecule has 1 saturated heterocycles. The number of carbonyl (C=O) groups excluding carboxylic acids is 2. The number of piperazine rings is 1. The van der Waals surface area contributed by atoms with Crippen molar-refractivity contribution in [3.63, 3.8) is 0 Å². The molecule has 2 aliphatic rings. The molecule has 0 bridgehead atoms. The number of hydrogen-bond donors (Lipinski definition) is 0. The first-order valence-electron chi connectivity index (χ1n) is 8.57. The van der Waals surface area contributed by atoms with Gasteiger partial charge in [-0.05, 0) is 31.0 Å². The van der Waals surface area contributed by atoms with Crippen molar-refractivity contribution >= 4 is 22.9 Å². The summed E-state index contributed by atoms with van der Waals surface area (Å²) < 4.78 is 5.50. The molecule has 0 atom stereocenters. The first kappa shape index (κ1) is 15.2. The van der Waals surface area contributed by atoms with Crippen molar-refractivity contribution in [3.8, 4) is 0 Å². The van der Waals surface area contributed by atoms with Crippen LogP contribution >= 0.6 is 0 Å². The van der Waals surface area contributed by atoms with E-state index < -0.39 is 0 Å². The summed E-state index contributed by atoms with van der Waals surface area (Å²) in [5, 5.41) is 0. The fraction of sp³-hybridized carbons (Fsp3) is 0.500. The SMILES string of the molecule is Cc1nc2ccc(C(=O)N3CCN(C(=O)C4CCC4)CC3)cc2o1. The van der Waals surface area contributed by atoms with Crippen LogP contribution in [-0.4, -0.2) is 52.8 Å². The zero-order valence-corrected chi connectivity index (χ0v) is 13.8. The third kappa shape index (κ3) is 2.66. The number of carbonyl (C=O) groups is 2. The predicted octanol–water partition coefficient (Wildman–Crippen LogP) is 2.22. The van der Waals surface area contributed by atoms with Crippen LogP contribution < -0.4 is 0 Å². The lowest BCUT2D eigenvalue weighted by Crippen LogP contribution is -2.52. The molecule has 1 aliphatic carbocycles. The van der Waals surface area contributed by atoms with E-state index in [-0.39, 0.29) is 17.7 Å². The van der Waals surface area contributed by atoms with Gasteiger partial charge >= 0.3 is 0 Å². The normalized spacial score (nSPS) is 18.7. The first-order chi connectivity index (χ1) is 11.6. The average Bonchev–Trinajstić information content (AvgIpc) is 2.91. The Bertz CT molecular complexity index is 786. The number of hydrogen-bond acceptors (Lipinski definition) is 4. The maximum Gasteiger partial charge on any atom is 0.254 e. The third-order valence-corrected chi connectivity index (χ3v) is 5.08. The highest BCUT2D eigenvalue weighted by molar-refractivity contribution is 5.97. The Hall–Kier alpha value is -2.37. The van der Waals surface area contributed by atoms with Gasteiger partial charge in [0.15, 0.2) is 11.5 Å². The number of rotatable bonds is 2. The number of benzene rings is 1. The van der Waals surface area contributed by atoms with Crippen molar-refractivity contribution in [2.24, 2.45) is 5.92 Å². The van der Waals surface area contributed by atoms with Gasteiger partial charge in [0.2, 0.25) is 5.91 Å². The van der Waals surface area contributed by atoms with Gasteiger partial charge in [-0.2, -0.15) is 0 Å². The highest BCUT2D eigenvalue weighted by atomic mass is 16.3. The molecule has 1 aromatic carbocycles. The number of nitrogens with zero attached hydrogens (tertiary/aromatic N) is 3. The monoisotopic (exact) mass is 327 g/mol. The largest absolute Gasteiger partial charge is 0.441 e. The van der Waals surface area contributed by atoms with Crippen molar-refractivity contribution in [3.05, 3.63) is 29.7 Å². The first-order valence-corrected chi connectivity index (χ1v) is 8.57. The standard InChI is InChI=1S/C18H21N3O3/c1-12-19-15-6-5-14(11-16(15)24-12)18(23)21-9-7-20(8-10-21)17(22)13-3-2-4-13/h5-6,11,13H,2-4,7-10H2,1H3. The molecule has 126 valence electrons. The summed E-state index contributed by atoms with van der Waals surface area (Å²) in [6.07, 6.45) is 3.21. The third-order valence-electron chi connectivity index (χ3n) is 5.08. The minimum atomic E-state index is -0.0123. The number of aryl methyl sites for hydroxylation is 1. The highest BCUT2D eigenvalue weighted by Crippen LogP contribution is 2.28. The molecule has 1 aliphatic heterocycles. The van der Waals surface area contributed by atoms with Crippen molar-refractivity contribution < 1.29 is 14.0 Å². The molecule has 2 amide bonds. The van der Waals surface area contributed by atoms with Gasteiger partial charge < -0.3 is 14.2 Å². The van der Waals surface area contributed by atoms with Crippen molar-refractivity contribution in [2.45, 2.75) is 26.2 Å². The second kappa shape index (κ2) is 5.92. The summed E-state index contributed by atoms with van der Waals surface area (Å²) in [5.74, 6) is 1.08. The lowest BCUT2D eigenvalue weighted by atomic mass is 9.84. The van der Waals surface area contributed by atoms with Gasteiger partial charge in [0.05, 0.1) is 0 Å². The Morgan fingerprint density at radius 1 is 1.12 bits per heavy atom. The topological polar surface area (TPSA) is 66.7 Å². The van der Waals surface area contributed by atoms with Crippen LogP contribution in [0.2, 0.25) is 0 Å². The predicted molar refractivity (Wildman–Crippen MR) is 88.6 cm³/mol. The Labute approximate surface area is 140 Å². The second-order valence-corrected chi connectivity index (χ2v) is 6.66. The van der Waals surface area contributed by atoms with Gasteiger partial charge in [0.1, 0.15) is 5.52 Å². The van der Waals surface area contributed by atoms with Gasteiger partial charge in [-0.3, -0.25) is 9.59 Å². The number of aromatic nitrogens is 1. The van der Waals surface area contributed by atoms with Crippen LogP contribution in [0.25, 0.3) is 11.1 Å². The quantitative estimate of drug-likeness (QED) is 0.848. The number of fused-ring (bicyclic) bond motifs is 1. The van der Waals surface area contributed by atoms with E-state index in [1.54, 1.807) is 19.1 Å². The summed E-state index contributed by atoms with van der Waals surface area (Å²) in [6, 6.07) is 5.36. The molecule has 2 fully saturated rings. The van der Waals surface area contributed by atoms with Crippen LogP contribution in [0.5, 0.6) is 0 Å². The van der Waals surface area contributed by atoms with Gasteiger partial charge in [0, 0.05) is 44.6 Å². The highest BCUT2D eigenvalue weighted by Gasteiger charge is 2.32. The van der Waals surface area contributed by atoms with Crippen molar-refractivity contribution in [2.75, 3.05) is 26.2 Å². The molecule has 0 N–H and O–H groups in total.